The second-order valence-corrected chi connectivity index (χ2v) is 5.24. The van der Waals surface area contributed by atoms with Crippen molar-refractivity contribution in [3.05, 3.63) is 16.5 Å². The Balaban J connectivity index is 2.71. The molecule has 8 heteroatoms. The van der Waals surface area contributed by atoms with Gasteiger partial charge in [-0.1, -0.05) is 0 Å². The first kappa shape index (κ1) is 16.1. The number of thiophene rings is 1. The van der Waals surface area contributed by atoms with E-state index in [1.54, 1.807) is 6.07 Å². The molecule has 7 nitrogen and oxygen atoms in total. The van der Waals surface area contributed by atoms with Gasteiger partial charge < -0.3 is 20.5 Å². The average Bonchev–Trinajstić information content (AvgIpc) is 2.69. The Kier molecular flexibility index (Phi) is 6.13. The van der Waals surface area contributed by atoms with Crippen molar-refractivity contribution in [2.24, 2.45) is 0 Å². The normalized spacial score (nSPS) is 10.1. The number of rotatable bonds is 7. The fraction of sp³-hybridized carbons (Fsp3) is 0.417. The fourth-order valence-electron chi connectivity index (χ4n) is 1.45. The first-order valence-electron chi connectivity index (χ1n) is 5.83. The third-order valence-electron chi connectivity index (χ3n) is 2.25. The van der Waals surface area contributed by atoms with Crippen molar-refractivity contribution in [3.63, 3.8) is 0 Å². The SMILES string of the molecule is COCC(=O)Nc1sc(C)cc1C(=O)NCCC(=O)O. The number of aryl methyl sites for hydroxylation is 1. The van der Waals surface area contributed by atoms with Gasteiger partial charge in [0.25, 0.3) is 11.8 Å². The van der Waals surface area contributed by atoms with Gasteiger partial charge in [-0.15, -0.1) is 11.3 Å². The molecule has 0 fully saturated rings. The standard InChI is InChI=1S/C12H16N2O5S/c1-7-5-8(11(18)13-4-3-10(16)17)12(20-7)14-9(15)6-19-2/h5H,3-4,6H2,1-2H3,(H,13,18)(H,14,15)(H,16,17). The highest BCUT2D eigenvalue weighted by molar-refractivity contribution is 7.16. The Morgan fingerprint density at radius 2 is 2.10 bits per heavy atom. The molecule has 0 aliphatic rings. The molecule has 0 aliphatic heterocycles. The Hall–Kier alpha value is -1.93. The molecule has 1 aromatic rings. The number of ether oxygens (including phenoxy) is 1. The molecule has 110 valence electrons. The fourth-order valence-corrected chi connectivity index (χ4v) is 2.37. The molecule has 0 atom stereocenters. The average molecular weight is 300 g/mol. The van der Waals surface area contributed by atoms with Crippen molar-refractivity contribution in [1.82, 2.24) is 5.32 Å². The van der Waals surface area contributed by atoms with Crippen LogP contribution in [0.15, 0.2) is 6.07 Å². The Morgan fingerprint density at radius 1 is 1.40 bits per heavy atom. The minimum Gasteiger partial charge on any atom is -0.481 e. The van der Waals surface area contributed by atoms with E-state index in [4.69, 9.17) is 9.84 Å². The molecule has 0 radical (unpaired) electrons. The molecule has 2 amide bonds. The zero-order chi connectivity index (χ0) is 15.1. The molecule has 1 aromatic heterocycles. The summed E-state index contributed by atoms with van der Waals surface area (Å²) in [5.41, 5.74) is 0.322. The molecule has 0 saturated heterocycles. The van der Waals surface area contributed by atoms with Crippen molar-refractivity contribution >= 4 is 34.1 Å². The summed E-state index contributed by atoms with van der Waals surface area (Å²) in [6.07, 6.45) is -0.153. The number of amides is 2. The van der Waals surface area contributed by atoms with E-state index >= 15 is 0 Å². The first-order valence-corrected chi connectivity index (χ1v) is 6.65. The lowest BCUT2D eigenvalue weighted by atomic mass is 10.2. The molecule has 0 bridgehead atoms. The summed E-state index contributed by atoms with van der Waals surface area (Å²) >= 11 is 1.27. The molecule has 1 rings (SSSR count). The summed E-state index contributed by atoms with van der Waals surface area (Å²) in [6, 6.07) is 1.64. The number of hydrogen-bond acceptors (Lipinski definition) is 5. The maximum Gasteiger partial charge on any atom is 0.305 e. The van der Waals surface area contributed by atoms with Crippen molar-refractivity contribution < 1.29 is 24.2 Å². The van der Waals surface area contributed by atoms with Gasteiger partial charge >= 0.3 is 5.97 Å². The number of carboxylic acids is 1. The summed E-state index contributed by atoms with van der Waals surface area (Å²) in [5, 5.41) is 14.0. The molecule has 3 N–H and O–H groups in total. The number of carbonyl (C=O) groups excluding carboxylic acids is 2. The lowest BCUT2D eigenvalue weighted by molar-refractivity contribution is -0.136. The van der Waals surface area contributed by atoms with Crippen LogP contribution in [0.1, 0.15) is 21.7 Å². The molecule has 0 aliphatic carbocycles. The molecule has 1 heterocycles. The van der Waals surface area contributed by atoms with E-state index in [1.807, 2.05) is 6.92 Å². The van der Waals surface area contributed by atoms with Gasteiger partial charge in [0, 0.05) is 18.5 Å². The van der Waals surface area contributed by atoms with Crippen LogP contribution in [-0.4, -0.2) is 43.2 Å². The van der Waals surface area contributed by atoms with Gasteiger partial charge in [-0.2, -0.15) is 0 Å². The van der Waals surface area contributed by atoms with E-state index < -0.39 is 11.9 Å². The highest BCUT2D eigenvalue weighted by Gasteiger charge is 2.16. The number of hydrogen-bond donors (Lipinski definition) is 3. The molecular weight excluding hydrogens is 284 g/mol. The van der Waals surface area contributed by atoms with E-state index in [1.165, 1.54) is 18.4 Å². The smallest absolute Gasteiger partial charge is 0.305 e. The van der Waals surface area contributed by atoms with E-state index in [2.05, 4.69) is 10.6 Å². The van der Waals surface area contributed by atoms with Crippen molar-refractivity contribution in [3.8, 4) is 0 Å². The number of anilines is 1. The van der Waals surface area contributed by atoms with Crippen LogP contribution in [0.5, 0.6) is 0 Å². The molecular formula is C12H16N2O5S. The summed E-state index contributed by atoms with van der Waals surface area (Å²) in [5.74, 6) is -1.75. The minimum absolute atomic E-state index is 0.0362. The number of aliphatic carboxylic acids is 1. The van der Waals surface area contributed by atoms with Gasteiger partial charge in [0.2, 0.25) is 0 Å². The lowest BCUT2D eigenvalue weighted by Gasteiger charge is -2.06. The maximum atomic E-state index is 11.9. The van der Waals surface area contributed by atoms with Crippen LogP contribution in [0.3, 0.4) is 0 Å². The zero-order valence-corrected chi connectivity index (χ0v) is 12.0. The molecule has 0 aromatic carbocycles. The van der Waals surface area contributed by atoms with Crippen LogP contribution in [0.25, 0.3) is 0 Å². The third kappa shape index (κ3) is 4.98. The van der Waals surface area contributed by atoms with E-state index in [0.29, 0.717) is 10.6 Å². The summed E-state index contributed by atoms with van der Waals surface area (Å²) < 4.78 is 4.70. The van der Waals surface area contributed by atoms with Gasteiger partial charge in [0.1, 0.15) is 11.6 Å². The second-order valence-electron chi connectivity index (χ2n) is 3.98. The van der Waals surface area contributed by atoms with Crippen LogP contribution in [-0.2, 0) is 14.3 Å². The van der Waals surface area contributed by atoms with Crippen LogP contribution < -0.4 is 10.6 Å². The van der Waals surface area contributed by atoms with Gasteiger partial charge in [0.05, 0.1) is 12.0 Å². The zero-order valence-electron chi connectivity index (χ0n) is 11.2. The predicted molar refractivity (Wildman–Crippen MR) is 74.1 cm³/mol. The quantitative estimate of drug-likeness (QED) is 0.692. The minimum atomic E-state index is -0.986. The monoisotopic (exact) mass is 300 g/mol. The van der Waals surface area contributed by atoms with Crippen LogP contribution in [0.2, 0.25) is 0 Å². The molecule has 0 unspecified atom stereocenters. The van der Waals surface area contributed by atoms with Crippen LogP contribution in [0.4, 0.5) is 5.00 Å². The van der Waals surface area contributed by atoms with Crippen molar-refractivity contribution in [2.75, 3.05) is 25.6 Å². The van der Waals surface area contributed by atoms with E-state index in [9.17, 15) is 14.4 Å². The number of nitrogens with one attached hydrogen (secondary N) is 2. The number of carbonyl (C=O) groups is 3. The Bertz CT molecular complexity index is 512. The summed E-state index contributed by atoms with van der Waals surface area (Å²) in [6.45, 7) is 1.75. The van der Waals surface area contributed by atoms with E-state index in [-0.39, 0.29) is 25.5 Å². The summed E-state index contributed by atoms with van der Waals surface area (Å²) in [7, 11) is 1.40. The lowest BCUT2D eigenvalue weighted by Crippen LogP contribution is -2.27. The summed E-state index contributed by atoms with van der Waals surface area (Å²) in [4.78, 5) is 34.6. The van der Waals surface area contributed by atoms with Crippen LogP contribution >= 0.6 is 11.3 Å². The Labute approximate surface area is 119 Å². The van der Waals surface area contributed by atoms with Crippen LogP contribution in [0, 0.1) is 6.92 Å². The number of methoxy groups -OCH3 is 1. The predicted octanol–water partition coefficient (Wildman–Crippen LogP) is 0.846. The largest absolute Gasteiger partial charge is 0.481 e. The maximum absolute atomic E-state index is 11.9. The second kappa shape index (κ2) is 7.61. The molecule has 0 saturated carbocycles. The van der Waals surface area contributed by atoms with Gasteiger partial charge in [-0.05, 0) is 13.0 Å². The molecule has 0 spiro atoms. The first-order chi connectivity index (χ1) is 9.43. The third-order valence-corrected chi connectivity index (χ3v) is 3.22. The highest BCUT2D eigenvalue weighted by atomic mass is 32.1. The Morgan fingerprint density at radius 3 is 2.70 bits per heavy atom. The molecule has 20 heavy (non-hydrogen) atoms. The van der Waals surface area contributed by atoms with Gasteiger partial charge in [-0.25, -0.2) is 0 Å². The van der Waals surface area contributed by atoms with Crippen molar-refractivity contribution in [2.45, 2.75) is 13.3 Å². The van der Waals surface area contributed by atoms with Crippen molar-refractivity contribution in [1.29, 1.82) is 0 Å². The van der Waals surface area contributed by atoms with Gasteiger partial charge in [-0.3, -0.25) is 14.4 Å². The van der Waals surface area contributed by atoms with Gasteiger partial charge in [0.15, 0.2) is 0 Å². The topological polar surface area (TPSA) is 105 Å². The number of carboxylic acid groups (broad SMARTS) is 1. The van der Waals surface area contributed by atoms with E-state index in [0.717, 1.165) is 4.88 Å². The highest BCUT2D eigenvalue weighted by Crippen LogP contribution is 2.27.